The van der Waals surface area contributed by atoms with Crippen LogP contribution in [0.25, 0.3) is 11.3 Å². The van der Waals surface area contributed by atoms with Crippen LogP contribution in [0.3, 0.4) is 0 Å². The lowest BCUT2D eigenvalue weighted by Gasteiger charge is -2.01. The average Bonchev–Trinajstić information content (AvgIpc) is 3.10. The van der Waals surface area contributed by atoms with Crippen LogP contribution in [0.5, 0.6) is 0 Å². The SMILES string of the molecule is O=C(N/N=C\c1ccc(-c2ccc(C(=O)O)c(Cl)c2)o1)c1cccc(Cl)c1. The van der Waals surface area contributed by atoms with E-state index < -0.39 is 11.9 Å². The third kappa shape index (κ3) is 4.55. The van der Waals surface area contributed by atoms with Crippen molar-refractivity contribution in [2.45, 2.75) is 0 Å². The number of hydrazone groups is 1. The van der Waals surface area contributed by atoms with Gasteiger partial charge in [0.15, 0.2) is 0 Å². The molecule has 0 saturated carbocycles. The Bertz CT molecular complexity index is 1040. The number of nitrogens with zero attached hydrogens (tertiary/aromatic N) is 1. The van der Waals surface area contributed by atoms with E-state index in [1.807, 2.05) is 0 Å². The number of amides is 1. The molecule has 1 heterocycles. The molecule has 0 aliphatic carbocycles. The third-order valence-electron chi connectivity index (χ3n) is 3.56. The van der Waals surface area contributed by atoms with E-state index in [0.29, 0.717) is 27.7 Å². The number of carboxylic acid groups (broad SMARTS) is 1. The summed E-state index contributed by atoms with van der Waals surface area (Å²) in [4.78, 5) is 23.0. The molecular weight excluding hydrogens is 391 g/mol. The maximum Gasteiger partial charge on any atom is 0.337 e. The summed E-state index contributed by atoms with van der Waals surface area (Å²) in [6.45, 7) is 0. The van der Waals surface area contributed by atoms with Gasteiger partial charge in [0.25, 0.3) is 5.91 Å². The van der Waals surface area contributed by atoms with Crippen LogP contribution in [-0.2, 0) is 0 Å². The lowest BCUT2D eigenvalue weighted by atomic mass is 10.1. The van der Waals surface area contributed by atoms with E-state index in [2.05, 4.69) is 10.5 Å². The first-order valence-corrected chi connectivity index (χ1v) is 8.41. The average molecular weight is 403 g/mol. The van der Waals surface area contributed by atoms with Crippen LogP contribution in [0.1, 0.15) is 26.5 Å². The Hall–Kier alpha value is -3.09. The molecule has 27 heavy (non-hydrogen) atoms. The lowest BCUT2D eigenvalue weighted by molar-refractivity contribution is 0.0696. The van der Waals surface area contributed by atoms with Crippen molar-refractivity contribution < 1.29 is 19.1 Å². The number of hydrogen-bond donors (Lipinski definition) is 2. The second-order valence-electron chi connectivity index (χ2n) is 5.41. The summed E-state index contributed by atoms with van der Waals surface area (Å²) in [6.07, 6.45) is 1.35. The fourth-order valence-corrected chi connectivity index (χ4v) is 2.72. The molecule has 2 N–H and O–H groups in total. The van der Waals surface area contributed by atoms with Gasteiger partial charge in [-0.2, -0.15) is 5.10 Å². The first-order chi connectivity index (χ1) is 12.9. The van der Waals surface area contributed by atoms with Gasteiger partial charge in [0.05, 0.1) is 16.8 Å². The number of carbonyl (C=O) groups is 2. The van der Waals surface area contributed by atoms with Crippen molar-refractivity contribution in [3.63, 3.8) is 0 Å². The van der Waals surface area contributed by atoms with E-state index in [4.69, 9.17) is 32.7 Å². The van der Waals surface area contributed by atoms with Crippen molar-refractivity contribution in [3.05, 3.63) is 81.5 Å². The van der Waals surface area contributed by atoms with E-state index in [9.17, 15) is 9.59 Å². The highest BCUT2D eigenvalue weighted by Crippen LogP contribution is 2.27. The molecule has 0 atom stereocenters. The third-order valence-corrected chi connectivity index (χ3v) is 4.10. The number of nitrogens with one attached hydrogen (secondary N) is 1. The molecule has 136 valence electrons. The van der Waals surface area contributed by atoms with E-state index in [-0.39, 0.29) is 10.6 Å². The first-order valence-electron chi connectivity index (χ1n) is 7.66. The van der Waals surface area contributed by atoms with Crippen LogP contribution in [0.4, 0.5) is 0 Å². The zero-order valence-corrected chi connectivity index (χ0v) is 15.2. The topological polar surface area (TPSA) is 91.9 Å². The Labute approximate surface area is 164 Å². The maximum absolute atomic E-state index is 12.0. The highest BCUT2D eigenvalue weighted by atomic mass is 35.5. The number of rotatable bonds is 5. The van der Waals surface area contributed by atoms with E-state index in [1.165, 1.54) is 24.4 Å². The summed E-state index contributed by atoms with van der Waals surface area (Å²) in [5.41, 5.74) is 3.39. The normalized spacial score (nSPS) is 10.9. The predicted molar refractivity (Wildman–Crippen MR) is 103 cm³/mol. The summed E-state index contributed by atoms with van der Waals surface area (Å²) in [5.74, 6) is -0.628. The van der Waals surface area contributed by atoms with Crippen LogP contribution in [-0.4, -0.2) is 23.2 Å². The molecule has 0 radical (unpaired) electrons. The van der Waals surface area contributed by atoms with Crippen LogP contribution in [0, 0.1) is 0 Å². The molecule has 0 fully saturated rings. The Morgan fingerprint density at radius 1 is 1.07 bits per heavy atom. The van der Waals surface area contributed by atoms with Crippen molar-refractivity contribution in [3.8, 4) is 11.3 Å². The molecule has 0 bridgehead atoms. The Morgan fingerprint density at radius 3 is 2.59 bits per heavy atom. The number of halogens is 2. The van der Waals surface area contributed by atoms with E-state index >= 15 is 0 Å². The molecule has 0 aliphatic heterocycles. The summed E-state index contributed by atoms with van der Waals surface area (Å²) in [7, 11) is 0. The lowest BCUT2D eigenvalue weighted by Crippen LogP contribution is -2.17. The van der Waals surface area contributed by atoms with Gasteiger partial charge in [0, 0.05) is 16.1 Å². The van der Waals surface area contributed by atoms with Crippen LogP contribution >= 0.6 is 23.2 Å². The van der Waals surface area contributed by atoms with E-state index in [0.717, 1.165) is 0 Å². The van der Waals surface area contributed by atoms with Gasteiger partial charge < -0.3 is 9.52 Å². The minimum absolute atomic E-state index is 0.0116. The molecule has 3 aromatic rings. The van der Waals surface area contributed by atoms with Crippen molar-refractivity contribution in [2.24, 2.45) is 5.10 Å². The van der Waals surface area contributed by atoms with Crippen LogP contribution in [0.15, 0.2) is 64.1 Å². The second-order valence-corrected chi connectivity index (χ2v) is 6.25. The monoisotopic (exact) mass is 402 g/mol. The summed E-state index contributed by atoms with van der Waals surface area (Å²) >= 11 is 11.8. The van der Waals surface area contributed by atoms with Gasteiger partial charge in [-0.15, -0.1) is 0 Å². The molecule has 6 nitrogen and oxygen atoms in total. The molecule has 1 aromatic heterocycles. The highest BCUT2D eigenvalue weighted by molar-refractivity contribution is 6.33. The van der Waals surface area contributed by atoms with Gasteiger partial charge in [-0.05, 0) is 42.5 Å². The number of benzene rings is 2. The molecule has 8 heteroatoms. The largest absolute Gasteiger partial charge is 0.478 e. The quantitative estimate of drug-likeness (QED) is 0.477. The summed E-state index contributed by atoms with van der Waals surface area (Å²) in [6, 6.07) is 14.3. The van der Waals surface area contributed by atoms with Gasteiger partial charge in [-0.25, -0.2) is 10.2 Å². The Morgan fingerprint density at radius 2 is 1.89 bits per heavy atom. The molecule has 3 rings (SSSR count). The van der Waals surface area contributed by atoms with Gasteiger partial charge >= 0.3 is 5.97 Å². The molecular formula is C19H12Cl2N2O4. The van der Waals surface area contributed by atoms with E-state index in [1.54, 1.807) is 36.4 Å². The van der Waals surface area contributed by atoms with Crippen molar-refractivity contribution >= 4 is 41.3 Å². The minimum Gasteiger partial charge on any atom is -0.478 e. The number of hydrogen-bond acceptors (Lipinski definition) is 4. The minimum atomic E-state index is -1.10. The number of aromatic carboxylic acids is 1. The molecule has 0 spiro atoms. The zero-order valence-electron chi connectivity index (χ0n) is 13.6. The van der Waals surface area contributed by atoms with Gasteiger partial charge in [0.2, 0.25) is 0 Å². The number of carbonyl (C=O) groups excluding carboxylic acids is 1. The molecule has 0 aliphatic rings. The fraction of sp³-hybridized carbons (Fsp3) is 0. The molecule has 0 saturated heterocycles. The van der Waals surface area contributed by atoms with Crippen molar-refractivity contribution in [2.75, 3.05) is 0 Å². The Balaban J connectivity index is 1.69. The van der Waals surface area contributed by atoms with Gasteiger partial charge in [-0.1, -0.05) is 35.3 Å². The number of carboxylic acids is 1. The Kier molecular flexibility index (Phi) is 5.59. The molecule has 2 aromatic carbocycles. The van der Waals surface area contributed by atoms with Gasteiger partial charge in [0.1, 0.15) is 11.5 Å². The molecule has 0 unspecified atom stereocenters. The number of furan rings is 1. The smallest absolute Gasteiger partial charge is 0.337 e. The van der Waals surface area contributed by atoms with Crippen LogP contribution in [0.2, 0.25) is 10.0 Å². The first kappa shape index (κ1) is 18.7. The second kappa shape index (κ2) is 8.07. The predicted octanol–water partition coefficient (Wildman–Crippen LogP) is 4.72. The van der Waals surface area contributed by atoms with Crippen LogP contribution < -0.4 is 5.43 Å². The summed E-state index contributed by atoms with van der Waals surface area (Å²) < 4.78 is 5.60. The standard InChI is InChI=1S/C19H12Cl2N2O4/c20-13-3-1-2-12(8-13)18(24)23-22-10-14-5-7-17(27-14)11-4-6-15(19(25)26)16(21)9-11/h1-10H,(H,23,24)(H,25,26)/b22-10-. The maximum atomic E-state index is 12.0. The van der Waals surface area contributed by atoms with Crippen molar-refractivity contribution in [1.29, 1.82) is 0 Å². The fourth-order valence-electron chi connectivity index (χ4n) is 2.27. The molecule has 1 amide bonds. The van der Waals surface area contributed by atoms with Crippen molar-refractivity contribution in [1.82, 2.24) is 5.43 Å². The zero-order chi connectivity index (χ0) is 19.4. The van der Waals surface area contributed by atoms with Gasteiger partial charge in [-0.3, -0.25) is 4.79 Å². The summed E-state index contributed by atoms with van der Waals surface area (Å²) in [5, 5.41) is 13.4. The highest BCUT2D eigenvalue weighted by Gasteiger charge is 2.11.